The summed E-state index contributed by atoms with van der Waals surface area (Å²) >= 11 is 6.14. The van der Waals surface area contributed by atoms with Gasteiger partial charge in [0, 0.05) is 18.9 Å². The van der Waals surface area contributed by atoms with Gasteiger partial charge >= 0.3 is 5.97 Å². The molecule has 0 aliphatic rings. The van der Waals surface area contributed by atoms with E-state index in [2.05, 4.69) is 10.4 Å². The molecule has 6 nitrogen and oxygen atoms in total. The van der Waals surface area contributed by atoms with Gasteiger partial charge in [-0.2, -0.15) is 5.10 Å². The van der Waals surface area contributed by atoms with Crippen LogP contribution in [0.4, 0.5) is 11.4 Å². The largest absolute Gasteiger partial charge is 0.465 e. The molecule has 0 saturated carbocycles. The molecule has 0 amide bonds. The molecule has 2 rings (SSSR count). The third-order valence-corrected chi connectivity index (χ3v) is 3.18. The number of nitrogens with zero attached hydrogens (tertiary/aromatic N) is 2. The minimum atomic E-state index is -0.494. The van der Waals surface area contributed by atoms with E-state index in [0.717, 1.165) is 5.69 Å². The topological polar surface area (TPSA) is 82.2 Å². The third-order valence-electron chi connectivity index (χ3n) is 2.89. The molecule has 20 heavy (non-hydrogen) atoms. The molecule has 1 aromatic heterocycles. The highest BCUT2D eigenvalue weighted by atomic mass is 35.5. The number of benzene rings is 1. The molecular formula is C13H15ClN4O2. The van der Waals surface area contributed by atoms with Crippen molar-refractivity contribution >= 4 is 28.9 Å². The normalized spacial score (nSPS) is 10.3. The SMILES string of the molecule is COC(=O)c1cc(N)cc(Cl)c1NCc1ccnn1C. The average Bonchev–Trinajstić information content (AvgIpc) is 2.81. The Bertz CT molecular complexity index is 639. The monoisotopic (exact) mass is 294 g/mol. The Hall–Kier alpha value is -2.21. The minimum absolute atomic E-state index is 0.305. The first-order valence-corrected chi connectivity index (χ1v) is 6.28. The van der Waals surface area contributed by atoms with Gasteiger partial charge in [0.15, 0.2) is 0 Å². The van der Waals surface area contributed by atoms with E-state index in [-0.39, 0.29) is 0 Å². The lowest BCUT2D eigenvalue weighted by Gasteiger charge is -2.13. The number of aryl methyl sites for hydroxylation is 1. The number of hydrogen-bond acceptors (Lipinski definition) is 5. The molecule has 0 aliphatic carbocycles. The van der Waals surface area contributed by atoms with E-state index in [9.17, 15) is 4.79 Å². The summed E-state index contributed by atoms with van der Waals surface area (Å²) in [6.45, 7) is 0.476. The second-order valence-electron chi connectivity index (χ2n) is 4.22. The minimum Gasteiger partial charge on any atom is -0.465 e. The van der Waals surface area contributed by atoms with E-state index in [1.54, 1.807) is 16.9 Å². The number of rotatable bonds is 4. The van der Waals surface area contributed by atoms with Crippen LogP contribution in [-0.4, -0.2) is 22.9 Å². The van der Waals surface area contributed by atoms with E-state index < -0.39 is 5.97 Å². The van der Waals surface area contributed by atoms with Crippen LogP contribution in [0.5, 0.6) is 0 Å². The highest BCUT2D eigenvalue weighted by molar-refractivity contribution is 6.34. The fourth-order valence-electron chi connectivity index (χ4n) is 1.83. The van der Waals surface area contributed by atoms with Gasteiger partial charge in [0.25, 0.3) is 0 Å². The van der Waals surface area contributed by atoms with Gasteiger partial charge in [0.1, 0.15) is 0 Å². The van der Waals surface area contributed by atoms with Crippen molar-refractivity contribution in [2.75, 3.05) is 18.2 Å². The zero-order chi connectivity index (χ0) is 14.7. The van der Waals surface area contributed by atoms with Crippen molar-refractivity contribution in [3.63, 3.8) is 0 Å². The first-order valence-electron chi connectivity index (χ1n) is 5.91. The number of nitrogens with one attached hydrogen (secondary N) is 1. The van der Waals surface area contributed by atoms with Crippen molar-refractivity contribution in [2.45, 2.75) is 6.54 Å². The standard InChI is InChI=1S/C13H15ClN4O2/c1-18-9(3-4-17-18)7-16-12-10(13(19)20-2)5-8(15)6-11(12)14/h3-6,16H,7,15H2,1-2H3. The van der Waals surface area contributed by atoms with E-state index in [4.69, 9.17) is 22.1 Å². The molecule has 3 N–H and O–H groups in total. The fraction of sp³-hybridized carbons (Fsp3) is 0.231. The molecule has 0 radical (unpaired) electrons. The molecule has 0 spiro atoms. The first kappa shape index (κ1) is 14.2. The predicted octanol–water partition coefficient (Wildman–Crippen LogP) is 2.05. The highest BCUT2D eigenvalue weighted by Crippen LogP contribution is 2.30. The second-order valence-corrected chi connectivity index (χ2v) is 4.62. The smallest absolute Gasteiger partial charge is 0.340 e. The summed E-state index contributed by atoms with van der Waals surface area (Å²) in [4.78, 5) is 11.8. The van der Waals surface area contributed by atoms with Crippen molar-refractivity contribution in [1.82, 2.24) is 9.78 Å². The van der Waals surface area contributed by atoms with E-state index in [1.807, 2.05) is 13.1 Å². The van der Waals surface area contributed by atoms with Crippen LogP contribution in [0.15, 0.2) is 24.4 Å². The second kappa shape index (κ2) is 5.83. The zero-order valence-corrected chi connectivity index (χ0v) is 11.9. The lowest BCUT2D eigenvalue weighted by molar-refractivity contribution is 0.0602. The Balaban J connectivity index is 2.30. The predicted molar refractivity (Wildman–Crippen MR) is 77.7 cm³/mol. The lowest BCUT2D eigenvalue weighted by Crippen LogP contribution is -2.11. The van der Waals surface area contributed by atoms with Crippen molar-refractivity contribution in [3.8, 4) is 0 Å². The summed E-state index contributed by atoms with van der Waals surface area (Å²) in [5.74, 6) is -0.494. The Labute approximate surface area is 121 Å². The number of hydrogen-bond donors (Lipinski definition) is 2. The maximum Gasteiger partial charge on any atom is 0.340 e. The summed E-state index contributed by atoms with van der Waals surface area (Å²) in [6, 6.07) is 4.99. The summed E-state index contributed by atoms with van der Waals surface area (Å²) in [6.07, 6.45) is 1.70. The average molecular weight is 295 g/mol. The molecule has 2 aromatic rings. The number of ether oxygens (including phenoxy) is 1. The molecule has 1 aromatic carbocycles. The van der Waals surface area contributed by atoms with Crippen LogP contribution in [0.3, 0.4) is 0 Å². The fourth-order valence-corrected chi connectivity index (χ4v) is 2.13. The zero-order valence-electron chi connectivity index (χ0n) is 11.2. The Morgan fingerprint density at radius 2 is 2.30 bits per heavy atom. The first-order chi connectivity index (χ1) is 9.52. The highest BCUT2D eigenvalue weighted by Gasteiger charge is 2.16. The van der Waals surface area contributed by atoms with Gasteiger partial charge in [-0.1, -0.05) is 11.6 Å². The Kier molecular flexibility index (Phi) is 4.14. The van der Waals surface area contributed by atoms with Crippen LogP contribution in [0, 0.1) is 0 Å². The van der Waals surface area contributed by atoms with Gasteiger partial charge in [-0.3, -0.25) is 4.68 Å². The van der Waals surface area contributed by atoms with Crippen LogP contribution < -0.4 is 11.1 Å². The van der Waals surface area contributed by atoms with Crippen LogP contribution in [0.25, 0.3) is 0 Å². The van der Waals surface area contributed by atoms with E-state index >= 15 is 0 Å². The molecule has 106 valence electrons. The van der Waals surface area contributed by atoms with E-state index in [0.29, 0.717) is 28.5 Å². The van der Waals surface area contributed by atoms with Crippen LogP contribution in [0.2, 0.25) is 5.02 Å². The van der Waals surface area contributed by atoms with Gasteiger partial charge in [0.2, 0.25) is 0 Å². The Morgan fingerprint density at radius 1 is 1.55 bits per heavy atom. The van der Waals surface area contributed by atoms with Crippen LogP contribution in [0.1, 0.15) is 16.1 Å². The van der Waals surface area contributed by atoms with Gasteiger partial charge in [-0.25, -0.2) is 4.79 Å². The van der Waals surface area contributed by atoms with Crippen LogP contribution >= 0.6 is 11.6 Å². The summed E-state index contributed by atoms with van der Waals surface area (Å²) in [5, 5.41) is 7.56. The van der Waals surface area contributed by atoms with Crippen LogP contribution in [-0.2, 0) is 18.3 Å². The number of aromatic nitrogens is 2. The number of anilines is 2. The molecule has 0 atom stereocenters. The Morgan fingerprint density at radius 3 is 2.90 bits per heavy atom. The van der Waals surface area contributed by atoms with Gasteiger partial charge in [-0.15, -0.1) is 0 Å². The molecule has 0 unspecified atom stereocenters. The molecule has 7 heteroatoms. The quantitative estimate of drug-likeness (QED) is 0.666. The number of nitrogens with two attached hydrogens (primary N) is 1. The molecule has 1 heterocycles. The summed E-state index contributed by atoms with van der Waals surface area (Å²) in [7, 11) is 3.15. The maximum atomic E-state index is 11.8. The number of carbonyl (C=O) groups excluding carboxylic acids is 1. The third kappa shape index (κ3) is 2.85. The van der Waals surface area contributed by atoms with Crippen molar-refractivity contribution in [2.24, 2.45) is 7.05 Å². The molecule has 0 fully saturated rings. The number of carbonyl (C=O) groups is 1. The van der Waals surface area contributed by atoms with Crippen molar-refractivity contribution in [1.29, 1.82) is 0 Å². The number of methoxy groups -OCH3 is 1. The molecular weight excluding hydrogens is 280 g/mol. The van der Waals surface area contributed by atoms with Gasteiger partial charge < -0.3 is 15.8 Å². The van der Waals surface area contributed by atoms with Gasteiger partial charge in [0.05, 0.1) is 35.6 Å². The van der Waals surface area contributed by atoms with Gasteiger partial charge in [-0.05, 0) is 18.2 Å². The number of esters is 1. The summed E-state index contributed by atoms with van der Waals surface area (Å²) < 4.78 is 6.47. The molecule has 0 bridgehead atoms. The van der Waals surface area contributed by atoms with Crippen molar-refractivity contribution in [3.05, 3.63) is 40.7 Å². The summed E-state index contributed by atoms with van der Waals surface area (Å²) in [5.41, 5.74) is 7.86. The maximum absolute atomic E-state index is 11.8. The number of nitrogen functional groups attached to an aromatic ring is 1. The number of halogens is 1. The molecule has 0 saturated heterocycles. The van der Waals surface area contributed by atoms with E-state index in [1.165, 1.54) is 13.2 Å². The molecule has 0 aliphatic heterocycles. The van der Waals surface area contributed by atoms with Crippen molar-refractivity contribution < 1.29 is 9.53 Å². The lowest BCUT2D eigenvalue weighted by atomic mass is 10.1.